The number of benzene rings is 1. The van der Waals surface area contributed by atoms with Gasteiger partial charge in [-0.15, -0.1) is 10.2 Å². The number of nitrogens with zero attached hydrogens (tertiary/aromatic N) is 4. The van der Waals surface area contributed by atoms with Crippen LogP contribution in [0.25, 0.3) is 0 Å². The zero-order valence-electron chi connectivity index (χ0n) is 16.0. The predicted octanol–water partition coefficient (Wildman–Crippen LogP) is 4.41. The molecule has 2 heterocycles. The number of aryl methyl sites for hydroxylation is 3. The van der Waals surface area contributed by atoms with Gasteiger partial charge in [0.25, 0.3) is 0 Å². The van der Waals surface area contributed by atoms with Crippen molar-refractivity contribution in [2.75, 3.05) is 5.75 Å². The molecule has 0 aliphatic carbocycles. The van der Waals surface area contributed by atoms with Crippen LogP contribution in [0.15, 0.2) is 35.5 Å². The first-order chi connectivity index (χ1) is 12.9. The van der Waals surface area contributed by atoms with Crippen molar-refractivity contribution in [3.8, 4) is 0 Å². The molecule has 0 spiro atoms. The second-order valence-corrected chi connectivity index (χ2v) is 7.99. The van der Waals surface area contributed by atoms with E-state index >= 15 is 0 Å². The summed E-state index contributed by atoms with van der Waals surface area (Å²) >= 11 is 7.37. The third-order valence-corrected chi connectivity index (χ3v) is 6.07. The van der Waals surface area contributed by atoms with Gasteiger partial charge in [-0.25, -0.2) is 0 Å². The van der Waals surface area contributed by atoms with Crippen LogP contribution in [-0.2, 0) is 20.0 Å². The van der Waals surface area contributed by atoms with Gasteiger partial charge in [0, 0.05) is 35.6 Å². The average molecular weight is 403 g/mol. The van der Waals surface area contributed by atoms with Crippen molar-refractivity contribution >= 4 is 29.1 Å². The molecule has 2 aromatic heterocycles. The lowest BCUT2D eigenvalue weighted by molar-refractivity contribution is 0.102. The number of ketones is 1. The van der Waals surface area contributed by atoms with Crippen LogP contribution in [0.5, 0.6) is 0 Å². The summed E-state index contributed by atoms with van der Waals surface area (Å²) in [7, 11) is 1.91. The first kappa shape index (κ1) is 19.7. The Hall–Kier alpha value is -2.05. The lowest BCUT2D eigenvalue weighted by Crippen LogP contribution is -2.08. The van der Waals surface area contributed by atoms with E-state index in [0.29, 0.717) is 5.75 Å². The minimum Gasteiger partial charge on any atom is -0.348 e. The third kappa shape index (κ3) is 4.45. The summed E-state index contributed by atoms with van der Waals surface area (Å²) < 4.78 is 4.10. The maximum Gasteiger partial charge on any atom is 0.191 e. The Morgan fingerprint density at radius 2 is 1.85 bits per heavy atom. The Morgan fingerprint density at radius 3 is 2.48 bits per heavy atom. The molecule has 0 aliphatic rings. The van der Waals surface area contributed by atoms with Gasteiger partial charge >= 0.3 is 0 Å². The molecule has 1 aromatic carbocycles. The smallest absolute Gasteiger partial charge is 0.191 e. The molecule has 0 saturated heterocycles. The van der Waals surface area contributed by atoms with Gasteiger partial charge < -0.3 is 9.13 Å². The van der Waals surface area contributed by atoms with Gasteiger partial charge in [-0.3, -0.25) is 4.79 Å². The summed E-state index contributed by atoms with van der Waals surface area (Å²) in [6, 6.07) is 9.89. The Balaban J connectivity index is 1.67. The van der Waals surface area contributed by atoms with Gasteiger partial charge in [-0.2, -0.15) is 0 Å². The number of Topliss-reactive ketones (excluding diaryl/α,β-unsaturated/α-hetero) is 1. The second kappa shape index (κ2) is 8.31. The fraction of sp³-hybridized carbons (Fsp3) is 0.350. The summed E-state index contributed by atoms with van der Waals surface area (Å²) in [4.78, 5) is 12.7. The quantitative estimate of drug-likeness (QED) is 0.433. The normalized spacial score (nSPS) is 11.1. The molecular weight excluding hydrogens is 380 g/mol. The van der Waals surface area contributed by atoms with Crippen LogP contribution in [-0.4, -0.2) is 30.9 Å². The molecule has 0 fully saturated rings. The van der Waals surface area contributed by atoms with Crippen molar-refractivity contribution in [3.63, 3.8) is 0 Å². The number of rotatable bonds is 7. The number of hydrogen-bond donors (Lipinski definition) is 0. The number of thioether (sulfide) groups is 1. The third-order valence-electron chi connectivity index (χ3n) is 4.80. The van der Waals surface area contributed by atoms with Gasteiger partial charge in [0.2, 0.25) is 0 Å². The van der Waals surface area contributed by atoms with E-state index < -0.39 is 0 Å². The van der Waals surface area contributed by atoms with Gasteiger partial charge in [-0.05, 0) is 51.0 Å². The maximum absolute atomic E-state index is 12.7. The molecule has 0 saturated carbocycles. The van der Waals surface area contributed by atoms with Crippen molar-refractivity contribution in [1.82, 2.24) is 19.3 Å². The van der Waals surface area contributed by atoms with Crippen molar-refractivity contribution in [3.05, 3.63) is 63.7 Å². The Bertz CT molecular complexity index is 959. The summed E-state index contributed by atoms with van der Waals surface area (Å²) in [5.41, 5.74) is 4.13. The molecule has 0 bridgehead atoms. The van der Waals surface area contributed by atoms with Crippen LogP contribution in [0, 0.1) is 20.8 Å². The number of aromatic nitrogens is 4. The zero-order valence-corrected chi connectivity index (χ0v) is 17.6. The zero-order chi connectivity index (χ0) is 19.6. The van der Waals surface area contributed by atoms with Crippen molar-refractivity contribution < 1.29 is 4.79 Å². The van der Waals surface area contributed by atoms with E-state index in [9.17, 15) is 4.79 Å². The van der Waals surface area contributed by atoms with E-state index in [-0.39, 0.29) is 5.78 Å². The van der Waals surface area contributed by atoms with Gasteiger partial charge in [0.05, 0.1) is 5.75 Å². The molecule has 0 radical (unpaired) electrons. The fourth-order valence-corrected chi connectivity index (χ4v) is 4.01. The summed E-state index contributed by atoms with van der Waals surface area (Å²) in [5, 5.41) is 9.64. The molecule has 7 heteroatoms. The SMILES string of the molecule is Cc1nnc(SCC(=O)c2cc(C)n(CCc3ccc(Cl)cc3)c2C)n1C. The topological polar surface area (TPSA) is 52.7 Å². The first-order valence-electron chi connectivity index (χ1n) is 8.80. The highest BCUT2D eigenvalue weighted by molar-refractivity contribution is 7.99. The highest BCUT2D eigenvalue weighted by Gasteiger charge is 2.17. The van der Waals surface area contributed by atoms with Crippen molar-refractivity contribution in [1.29, 1.82) is 0 Å². The molecule has 3 rings (SSSR count). The van der Waals surface area contributed by atoms with Gasteiger partial charge in [0.1, 0.15) is 5.82 Å². The molecule has 142 valence electrons. The molecule has 5 nitrogen and oxygen atoms in total. The van der Waals surface area contributed by atoms with E-state index in [1.54, 1.807) is 0 Å². The summed E-state index contributed by atoms with van der Waals surface area (Å²) in [5.74, 6) is 1.31. The Morgan fingerprint density at radius 1 is 1.15 bits per heavy atom. The average Bonchev–Trinajstić information content (AvgIpc) is 3.12. The molecule has 0 unspecified atom stereocenters. The molecule has 0 aliphatic heterocycles. The largest absolute Gasteiger partial charge is 0.348 e. The molecule has 0 amide bonds. The Labute approximate surface area is 168 Å². The van der Waals surface area contributed by atoms with Crippen LogP contribution < -0.4 is 0 Å². The minimum atomic E-state index is 0.117. The second-order valence-electron chi connectivity index (χ2n) is 6.61. The Kier molecular flexibility index (Phi) is 6.07. The predicted molar refractivity (Wildman–Crippen MR) is 110 cm³/mol. The van der Waals surface area contributed by atoms with Crippen molar-refractivity contribution in [2.24, 2.45) is 7.05 Å². The number of hydrogen-bond acceptors (Lipinski definition) is 4. The van der Waals surface area contributed by atoms with Gasteiger partial charge in [0.15, 0.2) is 10.9 Å². The number of halogens is 1. The van der Waals surface area contributed by atoms with Crippen LogP contribution in [0.2, 0.25) is 5.02 Å². The van der Waals surface area contributed by atoms with Gasteiger partial charge in [-0.1, -0.05) is 35.5 Å². The van der Waals surface area contributed by atoms with E-state index in [1.807, 2.05) is 62.7 Å². The molecule has 0 atom stereocenters. The maximum atomic E-state index is 12.7. The van der Waals surface area contributed by atoms with E-state index in [1.165, 1.54) is 17.3 Å². The van der Waals surface area contributed by atoms with Crippen LogP contribution in [0.3, 0.4) is 0 Å². The monoisotopic (exact) mass is 402 g/mol. The molecular formula is C20H23ClN4OS. The standard InChI is InChI=1S/C20H23ClN4OS/c1-13-11-18(19(26)12-27-20-23-22-15(3)24(20)4)14(2)25(13)10-9-16-5-7-17(21)8-6-16/h5-8,11H,9-10,12H2,1-4H3. The minimum absolute atomic E-state index is 0.117. The molecule has 0 N–H and O–H groups in total. The number of carbonyl (C=O) groups excluding carboxylic acids is 1. The summed E-state index contributed by atoms with van der Waals surface area (Å²) in [6.07, 6.45) is 0.897. The highest BCUT2D eigenvalue weighted by atomic mass is 35.5. The fourth-order valence-electron chi connectivity index (χ4n) is 3.04. The lowest BCUT2D eigenvalue weighted by atomic mass is 10.1. The molecule has 27 heavy (non-hydrogen) atoms. The van der Waals surface area contributed by atoms with Crippen molar-refractivity contribution in [2.45, 2.75) is 38.9 Å². The van der Waals surface area contributed by atoms with E-state index in [2.05, 4.69) is 14.8 Å². The van der Waals surface area contributed by atoms with E-state index in [0.717, 1.165) is 45.9 Å². The first-order valence-corrected chi connectivity index (χ1v) is 10.2. The van der Waals surface area contributed by atoms with Crippen LogP contribution in [0.4, 0.5) is 0 Å². The van der Waals surface area contributed by atoms with Crippen LogP contribution >= 0.6 is 23.4 Å². The lowest BCUT2D eigenvalue weighted by Gasteiger charge is -2.10. The van der Waals surface area contributed by atoms with E-state index in [4.69, 9.17) is 11.6 Å². The highest BCUT2D eigenvalue weighted by Crippen LogP contribution is 2.21. The number of carbonyl (C=O) groups is 1. The molecule has 3 aromatic rings. The van der Waals surface area contributed by atoms with Crippen LogP contribution in [0.1, 0.15) is 33.1 Å². The summed E-state index contributed by atoms with van der Waals surface area (Å²) in [6.45, 7) is 6.79.